The number of methoxy groups -OCH3 is 1. The van der Waals surface area contributed by atoms with Crippen molar-refractivity contribution < 1.29 is 22.7 Å². The normalized spacial score (nSPS) is 14.3. The van der Waals surface area contributed by atoms with Crippen molar-refractivity contribution in [2.45, 2.75) is 76.4 Å². The molecular formula is C33H41N3O5S. The molecule has 0 spiro atoms. The molecule has 224 valence electrons. The lowest BCUT2D eigenvalue weighted by Gasteiger charge is -2.34. The number of nitrogens with one attached hydrogen (secondary N) is 1. The van der Waals surface area contributed by atoms with Gasteiger partial charge in [-0.1, -0.05) is 67.8 Å². The number of sulfonamides is 1. The molecule has 9 heteroatoms. The van der Waals surface area contributed by atoms with Gasteiger partial charge in [0.1, 0.15) is 18.3 Å². The van der Waals surface area contributed by atoms with Crippen LogP contribution in [0.4, 0.5) is 5.69 Å². The average molecular weight is 592 g/mol. The Hall–Kier alpha value is -3.85. The van der Waals surface area contributed by atoms with E-state index in [4.69, 9.17) is 4.74 Å². The van der Waals surface area contributed by atoms with E-state index in [0.29, 0.717) is 23.4 Å². The maximum atomic E-state index is 14.3. The van der Waals surface area contributed by atoms with E-state index in [1.165, 1.54) is 4.90 Å². The predicted molar refractivity (Wildman–Crippen MR) is 165 cm³/mol. The van der Waals surface area contributed by atoms with Gasteiger partial charge in [-0.3, -0.25) is 13.9 Å². The largest absolute Gasteiger partial charge is 0.497 e. The first-order chi connectivity index (χ1) is 20.1. The fraction of sp³-hybridized carbons (Fsp3) is 0.394. The van der Waals surface area contributed by atoms with Crippen LogP contribution in [0.25, 0.3) is 0 Å². The molecule has 1 N–H and O–H groups in total. The molecule has 0 saturated heterocycles. The molecule has 1 atom stereocenters. The highest BCUT2D eigenvalue weighted by molar-refractivity contribution is 7.92. The molecule has 8 nitrogen and oxygen atoms in total. The molecule has 2 amide bonds. The van der Waals surface area contributed by atoms with Crippen LogP contribution in [0.15, 0.2) is 77.7 Å². The second kappa shape index (κ2) is 13.9. The summed E-state index contributed by atoms with van der Waals surface area (Å²) in [5.74, 6) is -0.0542. The van der Waals surface area contributed by atoms with Crippen LogP contribution in [0.2, 0.25) is 0 Å². The number of para-hydroxylation sites is 1. The zero-order chi connectivity index (χ0) is 30.3. The van der Waals surface area contributed by atoms with E-state index in [9.17, 15) is 18.0 Å². The summed E-state index contributed by atoms with van der Waals surface area (Å²) < 4.78 is 34.7. The third-order valence-corrected chi connectivity index (χ3v) is 9.62. The van der Waals surface area contributed by atoms with E-state index in [1.54, 1.807) is 43.5 Å². The Labute approximate surface area is 249 Å². The minimum atomic E-state index is -4.11. The average Bonchev–Trinajstić information content (AvgIpc) is 3.49. The van der Waals surface area contributed by atoms with Crippen LogP contribution in [0, 0.1) is 13.8 Å². The van der Waals surface area contributed by atoms with E-state index < -0.39 is 28.5 Å². The van der Waals surface area contributed by atoms with E-state index in [-0.39, 0.29) is 23.4 Å². The van der Waals surface area contributed by atoms with Gasteiger partial charge in [-0.2, -0.15) is 0 Å². The highest BCUT2D eigenvalue weighted by atomic mass is 32.2. The third-order valence-electron chi connectivity index (χ3n) is 7.85. The quantitative estimate of drug-likeness (QED) is 0.305. The van der Waals surface area contributed by atoms with Crippen molar-refractivity contribution in [1.29, 1.82) is 0 Å². The van der Waals surface area contributed by atoms with E-state index in [1.807, 2.05) is 57.2 Å². The van der Waals surface area contributed by atoms with Gasteiger partial charge in [0.2, 0.25) is 11.8 Å². The smallest absolute Gasteiger partial charge is 0.264 e. The van der Waals surface area contributed by atoms with Crippen molar-refractivity contribution in [3.63, 3.8) is 0 Å². The molecule has 0 heterocycles. The predicted octanol–water partition coefficient (Wildman–Crippen LogP) is 5.37. The fourth-order valence-corrected chi connectivity index (χ4v) is 6.93. The maximum absolute atomic E-state index is 14.3. The van der Waals surface area contributed by atoms with Crippen molar-refractivity contribution in [2.24, 2.45) is 0 Å². The number of anilines is 1. The molecule has 42 heavy (non-hydrogen) atoms. The third kappa shape index (κ3) is 7.31. The lowest BCUT2D eigenvalue weighted by atomic mass is 10.1. The first kappa shape index (κ1) is 31.1. The van der Waals surface area contributed by atoms with Crippen molar-refractivity contribution in [2.75, 3.05) is 18.0 Å². The van der Waals surface area contributed by atoms with Crippen molar-refractivity contribution in [1.82, 2.24) is 10.2 Å². The maximum Gasteiger partial charge on any atom is 0.264 e. The van der Waals surface area contributed by atoms with Gasteiger partial charge in [-0.25, -0.2) is 8.42 Å². The highest BCUT2D eigenvalue weighted by Crippen LogP contribution is 2.28. The number of aryl methyl sites for hydroxylation is 2. The summed E-state index contributed by atoms with van der Waals surface area (Å²) in [6.45, 7) is 5.23. The molecule has 1 saturated carbocycles. The summed E-state index contributed by atoms with van der Waals surface area (Å²) >= 11 is 0. The summed E-state index contributed by atoms with van der Waals surface area (Å²) in [6, 6.07) is 20.3. The first-order valence-corrected chi connectivity index (χ1v) is 16.0. The molecule has 0 aliphatic heterocycles. The summed E-state index contributed by atoms with van der Waals surface area (Å²) in [7, 11) is -2.54. The molecular weight excluding hydrogens is 550 g/mol. The number of hydrogen-bond acceptors (Lipinski definition) is 5. The molecule has 1 aliphatic carbocycles. The number of nitrogens with zero attached hydrogens (tertiary/aromatic N) is 2. The first-order valence-electron chi connectivity index (χ1n) is 14.5. The Morgan fingerprint density at radius 2 is 1.67 bits per heavy atom. The molecule has 0 unspecified atom stereocenters. The molecule has 3 aromatic carbocycles. The molecule has 1 fully saturated rings. The van der Waals surface area contributed by atoms with Crippen LogP contribution >= 0.6 is 0 Å². The van der Waals surface area contributed by atoms with Crippen LogP contribution in [0.5, 0.6) is 5.75 Å². The molecule has 3 aromatic rings. The molecule has 1 aliphatic rings. The van der Waals surface area contributed by atoms with Gasteiger partial charge in [-0.15, -0.1) is 0 Å². The Balaban J connectivity index is 1.73. The van der Waals surface area contributed by atoms with Crippen molar-refractivity contribution >= 4 is 27.5 Å². The molecule has 0 radical (unpaired) electrons. The zero-order valence-corrected chi connectivity index (χ0v) is 25.7. The van der Waals surface area contributed by atoms with Crippen LogP contribution < -0.4 is 14.4 Å². The number of rotatable bonds is 12. The Morgan fingerprint density at radius 1 is 0.976 bits per heavy atom. The van der Waals surface area contributed by atoms with Crippen LogP contribution in [-0.2, 0) is 26.2 Å². The summed E-state index contributed by atoms with van der Waals surface area (Å²) in [5, 5.41) is 3.14. The summed E-state index contributed by atoms with van der Waals surface area (Å²) in [4.78, 5) is 29.5. The van der Waals surface area contributed by atoms with Gasteiger partial charge in [0.05, 0.1) is 17.7 Å². The zero-order valence-electron chi connectivity index (χ0n) is 24.9. The van der Waals surface area contributed by atoms with Crippen molar-refractivity contribution in [3.05, 3.63) is 89.5 Å². The Kier molecular flexibility index (Phi) is 10.3. The van der Waals surface area contributed by atoms with Gasteiger partial charge in [-0.05, 0) is 74.6 Å². The lowest BCUT2D eigenvalue weighted by Crippen LogP contribution is -2.53. The topological polar surface area (TPSA) is 96.0 Å². The lowest BCUT2D eigenvalue weighted by molar-refractivity contribution is -0.140. The van der Waals surface area contributed by atoms with Crippen LogP contribution in [0.3, 0.4) is 0 Å². The Morgan fingerprint density at radius 3 is 2.31 bits per heavy atom. The molecule has 0 aromatic heterocycles. The molecule has 0 bridgehead atoms. The summed E-state index contributed by atoms with van der Waals surface area (Å²) in [6.07, 6.45) is 4.35. The van der Waals surface area contributed by atoms with E-state index >= 15 is 0 Å². The van der Waals surface area contributed by atoms with Crippen LogP contribution in [-0.4, -0.2) is 50.9 Å². The highest BCUT2D eigenvalue weighted by Gasteiger charge is 2.35. The number of carbonyl (C=O) groups excluding carboxylic acids is 2. The summed E-state index contributed by atoms with van der Waals surface area (Å²) in [5.41, 5.74) is 2.83. The SMILES string of the molecule is CC[C@@H](C(=O)NC1CCCC1)N(Cc1cccc(OC)c1)C(=O)CN(c1ccccc1C)S(=O)(=O)c1ccc(C)cc1. The van der Waals surface area contributed by atoms with Crippen molar-refractivity contribution in [3.8, 4) is 5.75 Å². The van der Waals surface area contributed by atoms with E-state index in [0.717, 1.165) is 41.1 Å². The number of ether oxygens (including phenoxy) is 1. The van der Waals surface area contributed by atoms with Gasteiger partial charge in [0.15, 0.2) is 0 Å². The Bertz CT molecular complexity index is 1480. The number of amides is 2. The number of benzene rings is 3. The second-order valence-corrected chi connectivity index (χ2v) is 12.8. The fourth-order valence-electron chi connectivity index (χ4n) is 5.45. The minimum absolute atomic E-state index is 0.0886. The van der Waals surface area contributed by atoms with Gasteiger partial charge in [0.25, 0.3) is 10.0 Å². The second-order valence-electron chi connectivity index (χ2n) is 10.9. The number of hydrogen-bond donors (Lipinski definition) is 1. The van der Waals surface area contributed by atoms with E-state index in [2.05, 4.69) is 5.32 Å². The van der Waals surface area contributed by atoms with Gasteiger partial charge < -0.3 is 15.0 Å². The van der Waals surface area contributed by atoms with Gasteiger partial charge >= 0.3 is 0 Å². The van der Waals surface area contributed by atoms with Gasteiger partial charge in [0, 0.05) is 12.6 Å². The number of carbonyl (C=O) groups is 2. The standard InChI is InChI=1S/C33H41N3O5S/c1-5-30(33(38)34-27-13-7-8-14-27)35(22-26-12-10-15-28(21-26)41-4)32(37)23-36(31-16-9-6-11-25(31)3)42(39,40)29-19-17-24(2)18-20-29/h6,9-12,15-21,27,30H,5,7-8,13-14,22-23H2,1-4H3,(H,34,38)/t30-/m0/s1. The minimum Gasteiger partial charge on any atom is -0.497 e. The monoisotopic (exact) mass is 591 g/mol. The molecule has 4 rings (SSSR count). The van der Waals surface area contributed by atoms with Crippen LogP contribution in [0.1, 0.15) is 55.7 Å².